The second-order valence-corrected chi connectivity index (χ2v) is 6.44. The number of urea groups is 1. The van der Waals surface area contributed by atoms with Gasteiger partial charge in [0.1, 0.15) is 5.75 Å². The van der Waals surface area contributed by atoms with Crippen molar-refractivity contribution in [2.45, 2.75) is 31.9 Å². The Morgan fingerprint density at radius 2 is 2.04 bits per heavy atom. The number of anilines is 1. The van der Waals surface area contributed by atoms with Crippen LogP contribution in [0.4, 0.5) is 10.5 Å². The summed E-state index contributed by atoms with van der Waals surface area (Å²) in [5.41, 5.74) is 1.09. The molecule has 2 saturated heterocycles. The highest BCUT2D eigenvalue weighted by Gasteiger charge is 2.27. The number of nitrogens with zero attached hydrogens (tertiary/aromatic N) is 2. The number of nitrogens with one attached hydrogen (secondary N) is 1. The Morgan fingerprint density at radius 1 is 1.29 bits per heavy atom. The zero-order valence-electron chi connectivity index (χ0n) is 14.5. The van der Waals surface area contributed by atoms with Crippen molar-refractivity contribution in [3.8, 4) is 5.75 Å². The summed E-state index contributed by atoms with van der Waals surface area (Å²) in [6.45, 7) is 5.87. The number of benzene rings is 1. The number of hydrogen-bond acceptors (Lipinski definition) is 4. The quantitative estimate of drug-likeness (QED) is 0.917. The first-order valence-electron chi connectivity index (χ1n) is 8.74. The van der Waals surface area contributed by atoms with E-state index in [-0.39, 0.29) is 18.2 Å². The number of amides is 2. The summed E-state index contributed by atoms with van der Waals surface area (Å²) in [6.07, 6.45) is 2.27. The Kier molecular flexibility index (Phi) is 5.45. The van der Waals surface area contributed by atoms with Crippen LogP contribution in [0.3, 0.4) is 0 Å². The van der Waals surface area contributed by atoms with Crippen LogP contribution in [0.5, 0.6) is 5.75 Å². The molecule has 24 heavy (non-hydrogen) atoms. The zero-order valence-corrected chi connectivity index (χ0v) is 14.5. The van der Waals surface area contributed by atoms with Gasteiger partial charge in [-0.15, -0.1) is 0 Å². The maximum absolute atomic E-state index is 12.4. The van der Waals surface area contributed by atoms with Crippen LogP contribution in [0, 0.1) is 0 Å². The molecule has 2 aliphatic rings. The third kappa shape index (κ3) is 3.75. The number of hydrogen-bond donors (Lipinski definition) is 1. The van der Waals surface area contributed by atoms with Crippen molar-refractivity contribution in [1.29, 1.82) is 0 Å². The van der Waals surface area contributed by atoms with E-state index in [4.69, 9.17) is 9.47 Å². The molecule has 6 nitrogen and oxygen atoms in total. The molecule has 0 unspecified atom stereocenters. The van der Waals surface area contributed by atoms with Crippen molar-refractivity contribution in [2.75, 3.05) is 44.8 Å². The van der Waals surface area contributed by atoms with Crippen molar-refractivity contribution in [1.82, 2.24) is 10.2 Å². The van der Waals surface area contributed by atoms with Gasteiger partial charge in [0.2, 0.25) is 0 Å². The number of para-hydroxylation sites is 2. The van der Waals surface area contributed by atoms with E-state index in [0.717, 1.165) is 44.0 Å². The number of piperazine rings is 1. The van der Waals surface area contributed by atoms with Gasteiger partial charge >= 0.3 is 6.03 Å². The summed E-state index contributed by atoms with van der Waals surface area (Å²) in [5.74, 6) is 0.877. The first kappa shape index (κ1) is 16.9. The van der Waals surface area contributed by atoms with Crippen molar-refractivity contribution in [2.24, 2.45) is 0 Å². The molecule has 1 N–H and O–H groups in total. The molecule has 2 fully saturated rings. The van der Waals surface area contributed by atoms with Crippen LogP contribution in [-0.4, -0.2) is 63.0 Å². The molecule has 2 atom stereocenters. The zero-order chi connectivity index (χ0) is 16.9. The smallest absolute Gasteiger partial charge is 0.317 e. The number of ether oxygens (including phenoxy) is 2. The minimum absolute atomic E-state index is 0.0117. The maximum atomic E-state index is 12.4. The molecule has 0 radical (unpaired) electrons. The van der Waals surface area contributed by atoms with E-state index in [1.807, 2.05) is 30.0 Å². The van der Waals surface area contributed by atoms with E-state index in [1.54, 1.807) is 7.11 Å². The van der Waals surface area contributed by atoms with Crippen LogP contribution in [-0.2, 0) is 4.74 Å². The van der Waals surface area contributed by atoms with Gasteiger partial charge < -0.3 is 24.6 Å². The third-order valence-corrected chi connectivity index (χ3v) is 4.87. The largest absolute Gasteiger partial charge is 0.495 e. The van der Waals surface area contributed by atoms with Gasteiger partial charge in [0.15, 0.2) is 0 Å². The number of methoxy groups -OCH3 is 1. The van der Waals surface area contributed by atoms with Gasteiger partial charge in [-0.3, -0.25) is 0 Å². The Morgan fingerprint density at radius 3 is 2.71 bits per heavy atom. The Balaban J connectivity index is 1.52. The molecule has 0 bridgehead atoms. The molecule has 0 spiro atoms. The molecular formula is C18H27N3O3. The molecule has 6 heteroatoms. The van der Waals surface area contributed by atoms with Crippen molar-refractivity contribution in [3.05, 3.63) is 24.3 Å². The van der Waals surface area contributed by atoms with E-state index in [0.29, 0.717) is 13.1 Å². The molecule has 0 saturated carbocycles. The SMILES string of the molecule is COc1ccccc1N1CCN(C(=O)N[C@H](C)[C@@H]2CCCO2)CC1. The summed E-state index contributed by atoms with van der Waals surface area (Å²) in [4.78, 5) is 16.6. The fourth-order valence-corrected chi connectivity index (χ4v) is 3.42. The highest BCUT2D eigenvalue weighted by atomic mass is 16.5. The lowest BCUT2D eigenvalue weighted by Crippen LogP contribution is -2.54. The lowest BCUT2D eigenvalue weighted by atomic mass is 10.1. The van der Waals surface area contributed by atoms with Gasteiger partial charge in [0.25, 0.3) is 0 Å². The highest BCUT2D eigenvalue weighted by molar-refractivity contribution is 5.75. The average Bonchev–Trinajstić information content (AvgIpc) is 3.16. The predicted molar refractivity (Wildman–Crippen MR) is 93.7 cm³/mol. The van der Waals surface area contributed by atoms with Crippen LogP contribution in [0.2, 0.25) is 0 Å². The summed E-state index contributed by atoms with van der Waals surface area (Å²) in [7, 11) is 1.69. The second kappa shape index (κ2) is 7.75. The molecule has 2 aliphatic heterocycles. The van der Waals surface area contributed by atoms with Gasteiger partial charge in [-0.1, -0.05) is 12.1 Å². The standard InChI is InChI=1S/C18H27N3O3/c1-14(16-8-5-13-24-16)19-18(22)21-11-9-20(10-12-21)15-6-3-4-7-17(15)23-2/h3-4,6-7,14,16H,5,8-13H2,1-2H3,(H,19,22)/t14-,16+/m1/s1. The molecule has 0 aromatic heterocycles. The van der Waals surface area contributed by atoms with Gasteiger partial charge in [0.05, 0.1) is 24.9 Å². The van der Waals surface area contributed by atoms with Gasteiger partial charge in [-0.05, 0) is 31.9 Å². The average molecular weight is 333 g/mol. The summed E-state index contributed by atoms with van der Waals surface area (Å²) >= 11 is 0. The van der Waals surface area contributed by atoms with E-state index in [9.17, 15) is 4.79 Å². The lowest BCUT2D eigenvalue weighted by molar-refractivity contribution is 0.0831. The first-order valence-corrected chi connectivity index (χ1v) is 8.74. The summed E-state index contributed by atoms with van der Waals surface area (Å²) < 4.78 is 11.1. The lowest BCUT2D eigenvalue weighted by Gasteiger charge is -2.37. The van der Waals surface area contributed by atoms with E-state index >= 15 is 0 Å². The Labute approximate surface area is 143 Å². The minimum Gasteiger partial charge on any atom is -0.495 e. The Hall–Kier alpha value is -1.95. The maximum Gasteiger partial charge on any atom is 0.317 e. The fourth-order valence-electron chi connectivity index (χ4n) is 3.42. The van der Waals surface area contributed by atoms with Crippen molar-refractivity contribution in [3.63, 3.8) is 0 Å². The topological polar surface area (TPSA) is 54.0 Å². The first-order chi connectivity index (χ1) is 11.7. The van der Waals surface area contributed by atoms with E-state index in [2.05, 4.69) is 16.3 Å². The predicted octanol–water partition coefficient (Wildman–Crippen LogP) is 2.09. The second-order valence-electron chi connectivity index (χ2n) is 6.44. The molecule has 1 aromatic carbocycles. The number of carbonyl (C=O) groups excluding carboxylic acids is 1. The summed E-state index contributed by atoms with van der Waals surface area (Å²) in [5, 5.41) is 3.09. The van der Waals surface area contributed by atoms with Crippen molar-refractivity contribution >= 4 is 11.7 Å². The van der Waals surface area contributed by atoms with E-state index < -0.39 is 0 Å². The normalized spacial score (nSPS) is 22.3. The minimum atomic E-state index is 0.0117. The fraction of sp³-hybridized carbons (Fsp3) is 0.611. The monoisotopic (exact) mass is 333 g/mol. The molecular weight excluding hydrogens is 306 g/mol. The third-order valence-electron chi connectivity index (χ3n) is 4.87. The van der Waals surface area contributed by atoms with Gasteiger partial charge in [-0.2, -0.15) is 0 Å². The molecule has 3 rings (SSSR count). The number of rotatable bonds is 4. The van der Waals surface area contributed by atoms with Crippen molar-refractivity contribution < 1.29 is 14.3 Å². The van der Waals surface area contributed by atoms with Crippen LogP contribution in [0.1, 0.15) is 19.8 Å². The highest BCUT2D eigenvalue weighted by Crippen LogP contribution is 2.28. The molecule has 0 aliphatic carbocycles. The van der Waals surface area contributed by atoms with Crippen LogP contribution in [0.15, 0.2) is 24.3 Å². The molecule has 132 valence electrons. The van der Waals surface area contributed by atoms with Gasteiger partial charge in [0, 0.05) is 32.8 Å². The van der Waals surface area contributed by atoms with Crippen LogP contribution in [0.25, 0.3) is 0 Å². The summed E-state index contributed by atoms with van der Waals surface area (Å²) in [6, 6.07) is 8.09. The van der Waals surface area contributed by atoms with Crippen LogP contribution >= 0.6 is 0 Å². The molecule has 2 heterocycles. The van der Waals surface area contributed by atoms with Gasteiger partial charge in [-0.25, -0.2) is 4.79 Å². The van der Waals surface area contributed by atoms with Crippen LogP contribution < -0.4 is 15.0 Å². The molecule has 2 amide bonds. The number of carbonyl (C=O) groups is 1. The van der Waals surface area contributed by atoms with E-state index in [1.165, 1.54) is 0 Å². The molecule has 1 aromatic rings. The Bertz CT molecular complexity index is 552.